The normalized spacial score (nSPS) is 17.8. The van der Waals surface area contributed by atoms with E-state index in [9.17, 15) is 9.59 Å². The van der Waals surface area contributed by atoms with Crippen molar-refractivity contribution in [3.05, 3.63) is 36.2 Å². The molecule has 0 saturated carbocycles. The third kappa shape index (κ3) is 3.73. The number of aryl methyl sites for hydroxylation is 1. The fraction of sp³-hybridized carbons (Fsp3) is 0.467. The fourth-order valence-electron chi connectivity index (χ4n) is 2.33. The summed E-state index contributed by atoms with van der Waals surface area (Å²) < 4.78 is 1.77. The SMILES string of the molecule is Cn1cccc1C(=O)NCCNC(=O)[C@@H]1CC=CCC1. The van der Waals surface area contributed by atoms with Crippen molar-refractivity contribution in [1.29, 1.82) is 0 Å². The number of carbonyl (C=O) groups is 2. The van der Waals surface area contributed by atoms with Gasteiger partial charge in [0.2, 0.25) is 5.91 Å². The largest absolute Gasteiger partial charge is 0.354 e. The Labute approximate surface area is 119 Å². The summed E-state index contributed by atoms with van der Waals surface area (Å²) >= 11 is 0. The lowest BCUT2D eigenvalue weighted by Crippen LogP contribution is -2.38. The van der Waals surface area contributed by atoms with Crippen molar-refractivity contribution >= 4 is 11.8 Å². The second-order valence-electron chi connectivity index (χ2n) is 5.03. The van der Waals surface area contributed by atoms with E-state index in [0.717, 1.165) is 19.3 Å². The van der Waals surface area contributed by atoms with E-state index in [1.165, 1.54) is 0 Å². The number of nitrogens with one attached hydrogen (secondary N) is 2. The lowest BCUT2D eigenvalue weighted by molar-refractivity contribution is -0.125. The van der Waals surface area contributed by atoms with E-state index in [2.05, 4.69) is 22.8 Å². The molecule has 2 rings (SSSR count). The van der Waals surface area contributed by atoms with E-state index >= 15 is 0 Å². The molecule has 1 heterocycles. The molecule has 0 fully saturated rings. The highest BCUT2D eigenvalue weighted by molar-refractivity contribution is 5.92. The number of hydrogen-bond donors (Lipinski definition) is 2. The summed E-state index contributed by atoms with van der Waals surface area (Å²) in [6, 6.07) is 3.59. The molecule has 1 aromatic rings. The Morgan fingerprint density at radius 3 is 2.75 bits per heavy atom. The molecule has 0 bridgehead atoms. The molecule has 0 unspecified atom stereocenters. The van der Waals surface area contributed by atoms with E-state index in [0.29, 0.717) is 18.8 Å². The molecule has 5 heteroatoms. The maximum absolute atomic E-state index is 11.9. The summed E-state index contributed by atoms with van der Waals surface area (Å²) in [6.45, 7) is 0.910. The molecule has 2 amide bonds. The minimum absolute atomic E-state index is 0.0856. The summed E-state index contributed by atoms with van der Waals surface area (Å²) in [5, 5.41) is 5.67. The molecule has 0 aliphatic heterocycles. The number of carbonyl (C=O) groups excluding carboxylic acids is 2. The minimum atomic E-state index is -0.118. The molecule has 1 aromatic heterocycles. The van der Waals surface area contributed by atoms with Crippen LogP contribution in [0.15, 0.2) is 30.5 Å². The number of nitrogens with zero attached hydrogens (tertiary/aromatic N) is 1. The van der Waals surface area contributed by atoms with E-state index in [-0.39, 0.29) is 17.7 Å². The minimum Gasteiger partial charge on any atom is -0.354 e. The van der Waals surface area contributed by atoms with Crippen LogP contribution in [0.4, 0.5) is 0 Å². The topological polar surface area (TPSA) is 63.1 Å². The van der Waals surface area contributed by atoms with Gasteiger partial charge in [-0.3, -0.25) is 9.59 Å². The molecule has 0 radical (unpaired) electrons. The number of aromatic nitrogens is 1. The van der Waals surface area contributed by atoms with Crippen LogP contribution in [0.1, 0.15) is 29.8 Å². The molecule has 0 spiro atoms. The van der Waals surface area contributed by atoms with Crippen molar-refractivity contribution in [2.24, 2.45) is 13.0 Å². The lowest BCUT2D eigenvalue weighted by Gasteiger charge is -2.17. The summed E-state index contributed by atoms with van der Waals surface area (Å²) in [5.74, 6) is 0.0541. The lowest BCUT2D eigenvalue weighted by atomic mass is 9.94. The van der Waals surface area contributed by atoms with Crippen molar-refractivity contribution in [3.8, 4) is 0 Å². The van der Waals surface area contributed by atoms with Gasteiger partial charge in [-0.2, -0.15) is 0 Å². The van der Waals surface area contributed by atoms with Crippen LogP contribution in [-0.4, -0.2) is 29.5 Å². The van der Waals surface area contributed by atoms with Crippen LogP contribution in [0, 0.1) is 5.92 Å². The zero-order chi connectivity index (χ0) is 14.4. The third-order valence-electron chi connectivity index (χ3n) is 3.53. The van der Waals surface area contributed by atoms with Crippen molar-refractivity contribution in [3.63, 3.8) is 0 Å². The standard InChI is InChI=1S/C15H21N3O2/c1-18-11-5-8-13(18)15(20)17-10-9-16-14(19)12-6-3-2-4-7-12/h2-3,5,8,11-12H,4,6-7,9-10H2,1H3,(H,16,19)(H,17,20)/t12-/m1/s1. The van der Waals surface area contributed by atoms with Crippen molar-refractivity contribution < 1.29 is 9.59 Å². The third-order valence-corrected chi connectivity index (χ3v) is 3.53. The van der Waals surface area contributed by atoms with Crippen LogP contribution in [0.2, 0.25) is 0 Å². The second kappa shape index (κ2) is 6.93. The zero-order valence-corrected chi connectivity index (χ0v) is 11.8. The summed E-state index contributed by atoms with van der Waals surface area (Å²) in [4.78, 5) is 23.7. The van der Waals surface area contributed by atoms with Crippen LogP contribution >= 0.6 is 0 Å². The Kier molecular flexibility index (Phi) is 4.98. The Balaban J connectivity index is 1.66. The number of amides is 2. The first-order valence-corrected chi connectivity index (χ1v) is 7.00. The van der Waals surface area contributed by atoms with Gasteiger partial charge in [0.05, 0.1) is 0 Å². The molecule has 2 N–H and O–H groups in total. The van der Waals surface area contributed by atoms with Gasteiger partial charge in [0.25, 0.3) is 5.91 Å². The van der Waals surface area contributed by atoms with Gasteiger partial charge < -0.3 is 15.2 Å². The summed E-state index contributed by atoms with van der Waals surface area (Å²) in [5.41, 5.74) is 0.619. The molecule has 108 valence electrons. The van der Waals surface area contributed by atoms with E-state index in [1.807, 2.05) is 19.3 Å². The molecule has 0 saturated heterocycles. The smallest absolute Gasteiger partial charge is 0.267 e. The maximum Gasteiger partial charge on any atom is 0.267 e. The maximum atomic E-state index is 11.9. The number of hydrogen-bond acceptors (Lipinski definition) is 2. The van der Waals surface area contributed by atoms with Crippen LogP contribution < -0.4 is 10.6 Å². The highest BCUT2D eigenvalue weighted by Gasteiger charge is 2.17. The van der Waals surface area contributed by atoms with E-state index < -0.39 is 0 Å². The average molecular weight is 275 g/mol. The summed E-state index contributed by atoms with van der Waals surface area (Å²) in [7, 11) is 1.83. The van der Waals surface area contributed by atoms with Crippen LogP contribution in [0.5, 0.6) is 0 Å². The van der Waals surface area contributed by atoms with Gasteiger partial charge in [-0.15, -0.1) is 0 Å². The zero-order valence-electron chi connectivity index (χ0n) is 11.8. The van der Waals surface area contributed by atoms with Gasteiger partial charge in [0, 0.05) is 32.3 Å². The van der Waals surface area contributed by atoms with E-state index in [1.54, 1.807) is 10.6 Å². The number of rotatable bonds is 5. The number of allylic oxidation sites excluding steroid dienone is 2. The van der Waals surface area contributed by atoms with Crippen molar-refractivity contribution in [2.45, 2.75) is 19.3 Å². The monoisotopic (exact) mass is 275 g/mol. The van der Waals surface area contributed by atoms with Crippen molar-refractivity contribution in [2.75, 3.05) is 13.1 Å². The predicted octanol–water partition coefficient (Wildman–Crippen LogP) is 1.23. The Hall–Kier alpha value is -2.04. The molecule has 0 aromatic carbocycles. The van der Waals surface area contributed by atoms with Gasteiger partial charge in [0.1, 0.15) is 5.69 Å². The van der Waals surface area contributed by atoms with Crippen LogP contribution in [-0.2, 0) is 11.8 Å². The average Bonchev–Trinajstić information content (AvgIpc) is 2.90. The first-order valence-electron chi connectivity index (χ1n) is 7.00. The predicted molar refractivity (Wildman–Crippen MR) is 77.2 cm³/mol. The van der Waals surface area contributed by atoms with E-state index in [4.69, 9.17) is 0 Å². The van der Waals surface area contributed by atoms with Gasteiger partial charge >= 0.3 is 0 Å². The molecule has 5 nitrogen and oxygen atoms in total. The van der Waals surface area contributed by atoms with Gasteiger partial charge in [0.15, 0.2) is 0 Å². The van der Waals surface area contributed by atoms with Gasteiger partial charge in [-0.1, -0.05) is 12.2 Å². The molecular weight excluding hydrogens is 254 g/mol. The Bertz CT molecular complexity index is 505. The summed E-state index contributed by atoms with van der Waals surface area (Å²) in [6.07, 6.45) is 8.71. The quantitative estimate of drug-likeness (QED) is 0.627. The highest BCUT2D eigenvalue weighted by atomic mass is 16.2. The second-order valence-corrected chi connectivity index (χ2v) is 5.03. The highest BCUT2D eigenvalue weighted by Crippen LogP contribution is 2.17. The van der Waals surface area contributed by atoms with Crippen LogP contribution in [0.25, 0.3) is 0 Å². The Morgan fingerprint density at radius 1 is 1.30 bits per heavy atom. The van der Waals surface area contributed by atoms with Crippen LogP contribution in [0.3, 0.4) is 0 Å². The molecular formula is C15H21N3O2. The first-order chi connectivity index (χ1) is 9.68. The van der Waals surface area contributed by atoms with Gasteiger partial charge in [-0.05, 0) is 31.4 Å². The molecule has 20 heavy (non-hydrogen) atoms. The van der Waals surface area contributed by atoms with Gasteiger partial charge in [-0.25, -0.2) is 0 Å². The fourth-order valence-corrected chi connectivity index (χ4v) is 2.33. The molecule has 1 atom stereocenters. The first kappa shape index (κ1) is 14.4. The van der Waals surface area contributed by atoms with Crippen molar-refractivity contribution in [1.82, 2.24) is 15.2 Å². The Morgan fingerprint density at radius 2 is 2.10 bits per heavy atom. The molecule has 1 aliphatic carbocycles. The molecule has 1 aliphatic rings.